The van der Waals surface area contributed by atoms with E-state index in [-0.39, 0.29) is 27.0 Å². The lowest BCUT2D eigenvalue weighted by Gasteiger charge is -2.15. The maximum Gasteiger partial charge on any atom is 0.283 e. The summed E-state index contributed by atoms with van der Waals surface area (Å²) < 4.78 is 5.12. The highest BCUT2D eigenvalue weighted by Crippen LogP contribution is 2.36. The van der Waals surface area contributed by atoms with E-state index < -0.39 is 5.91 Å². The summed E-state index contributed by atoms with van der Waals surface area (Å²) in [6.45, 7) is 1.67. The van der Waals surface area contributed by atoms with Crippen molar-refractivity contribution in [1.82, 2.24) is 10.4 Å². The Morgan fingerprint density at radius 1 is 1.00 bits per heavy atom. The number of aromatic nitrogens is 1. The van der Waals surface area contributed by atoms with Gasteiger partial charge in [-0.05, 0) is 78.9 Å². The zero-order chi connectivity index (χ0) is 28.9. The van der Waals surface area contributed by atoms with Crippen LogP contribution in [-0.4, -0.2) is 35.0 Å². The van der Waals surface area contributed by atoms with Crippen LogP contribution in [0.1, 0.15) is 31.3 Å². The molecule has 0 radical (unpaired) electrons. The molecule has 0 spiro atoms. The molecule has 12 heteroatoms. The van der Waals surface area contributed by atoms with Crippen LogP contribution in [0.25, 0.3) is 6.08 Å². The van der Waals surface area contributed by atoms with Gasteiger partial charge in [0.25, 0.3) is 17.7 Å². The molecule has 0 unspecified atom stereocenters. The van der Waals surface area contributed by atoms with Crippen molar-refractivity contribution in [2.45, 2.75) is 6.92 Å². The number of hydrogen-bond acceptors (Lipinski definition) is 8. The Bertz CT molecular complexity index is 1670. The van der Waals surface area contributed by atoms with Crippen LogP contribution >= 0.6 is 34.7 Å². The number of rotatable bonds is 7. The molecular weight excluding hydrogens is 582 g/mol. The van der Waals surface area contributed by atoms with Crippen LogP contribution in [0.4, 0.5) is 10.8 Å². The van der Waals surface area contributed by atoms with E-state index in [0.29, 0.717) is 32.6 Å². The van der Waals surface area contributed by atoms with Crippen LogP contribution in [0.15, 0.2) is 88.9 Å². The van der Waals surface area contributed by atoms with Gasteiger partial charge in [-0.3, -0.25) is 24.6 Å². The van der Waals surface area contributed by atoms with Crippen molar-refractivity contribution in [3.05, 3.63) is 110 Å². The average molecular weight is 604 g/mol. The third kappa shape index (κ3) is 6.49. The molecule has 0 atom stereocenters. The number of para-hydroxylation sites is 1. The van der Waals surface area contributed by atoms with Gasteiger partial charge in [0.15, 0.2) is 10.3 Å². The van der Waals surface area contributed by atoms with Crippen molar-refractivity contribution in [3.63, 3.8) is 0 Å². The number of thiazole rings is 1. The molecule has 4 aromatic rings. The van der Waals surface area contributed by atoms with Crippen LogP contribution < -0.4 is 20.4 Å². The Balaban J connectivity index is 1.34. The zero-order valence-electron chi connectivity index (χ0n) is 21.8. The first-order chi connectivity index (χ1) is 19.8. The summed E-state index contributed by atoms with van der Waals surface area (Å²) in [5.41, 5.74) is 4.79. The van der Waals surface area contributed by atoms with Crippen LogP contribution in [0.5, 0.6) is 5.75 Å². The van der Waals surface area contributed by atoms with Gasteiger partial charge in [-0.1, -0.05) is 53.3 Å². The van der Waals surface area contributed by atoms with Gasteiger partial charge < -0.3 is 4.74 Å². The Hall–Kier alpha value is -4.45. The van der Waals surface area contributed by atoms with Gasteiger partial charge in [-0.25, -0.2) is 10.4 Å². The fourth-order valence-electron chi connectivity index (χ4n) is 3.79. The molecule has 2 N–H and O–H groups in total. The second-order valence-corrected chi connectivity index (χ2v) is 11.0. The van der Waals surface area contributed by atoms with E-state index in [1.54, 1.807) is 68.6 Å². The molecule has 1 aliphatic rings. The zero-order valence-corrected chi connectivity index (χ0v) is 24.1. The first-order valence-electron chi connectivity index (χ1n) is 12.2. The van der Waals surface area contributed by atoms with Gasteiger partial charge >= 0.3 is 0 Å². The molecule has 2 heterocycles. The van der Waals surface area contributed by atoms with E-state index in [0.717, 1.165) is 28.7 Å². The molecule has 1 aromatic heterocycles. The number of hydrazone groups is 1. The van der Waals surface area contributed by atoms with Crippen LogP contribution in [0.2, 0.25) is 5.02 Å². The number of hydrogen-bond donors (Lipinski definition) is 2. The standard InChI is InChI=1S/C29H22ClN5O4S2/c1-17-24(41-28(31-17)32-25(36)19-10-14-22(39-2)15-11-19)26(37)33-34-29-35(21-6-4-3-5-7-21)27(38)23(40-29)16-18-8-12-20(30)13-9-18/h3-16H,1-2H3,(H,33,37)(H,31,32,36)/b23-16-,34-29-. The van der Waals surface area contributed by atoms with Crippen LogP contribution in [0.3, 0.4) is 0 Å². The third-order valence-electron chi connectivity index (χ3n) is 5.82. The summed E-state index contributed by atoms with van der Waals surface area (Å²) in [4.78, 5) is 45.5. The van der Waals surface area contributed by atoms with Gasteiger partial charge in [-0.2, -0.15) is 0 Å². The van der Waals surface area contributed by atoms with E-state index in [1.807, 2.05) is 30.3 Å². The van der Waals surface area contributed by atoms with Crippen molar-refractivity contribution in [2.75, 3.05) is 17.3 Å². The quantitative estimate of drug-likeness (QED) is 0.192. The number of anilines is 2. The summed E-state index contributed by atoms with van der Waals surface area (Å²) in [6, 6.07) is 22.8. The molecule has 9 nitrogen and oxygen atoms in total. The van der Waals surface area contributed by atoms with Crippen molar-refractivity contribution in [1.29, 1.82) is 0 Å². The predicted octanol–water partition coefficient (Wildman–Crippen LogP) is 6.19. The summed E-state index contributed by atoms with van der Waals surface area (Å²) in [5.74, 6) is -0.531. The number of carbonyl (C=O) groups excluding carboxylic acids is 3. The molecule has 0 saturated carbocycles. The van der Waals surface area contributed by atoms with E-state index in [4.69, 9.17) is 16.3 Å². The number of nitrogens with one attached hydrogen (secondary N) is 2. The number of amides is 3. The van der Waals surface area contributed by atoms with E-state index in [9.17, 15) is 14.4 Å². The first-order valence-corrected chi connectivity index (χ1v) is 14.2. The van der Waals surface area contributed by atoms with Crippen molar-refractivity contribution < 1.29 is 19.1 Å². The minimum Gasteiger partial charge on any atom is -0.497 e. The van der Waals surface area contributed by atoms with Gasteiger partial charge in [-0.15, -0.1) is 5.10 Å². The summed E-state index contributed by atoms with van der Waals surface area (Å²) in [6.07, 6.45) is 1.74. The highest BCUT2D eigenvalue weighted by atomic mass is 35.5. The number of halogens is 1. The van der Waals surface area contributed by atoms with Crippen molar-refractivity contribution in [2.24, 2.45) is 5.10 Å². The minimum atomic E-state index is -0.520. The molecule has 1 saturated heterocycles. The number of nitrogens with zero attached hydrogens (tertiary/aromatic N) is 3. The maximum atomic E-state index is 13.4. The van der Waals surface area contributed by atoms with Crippen molar-refractivity contribution in [3.8, 4) is 5.75 Å². The van der Waals surface area contributed by atoms with Gasteiger partial charge in [0.1, 0.15) is 10.6 Å². The largest absolute Gasteiger partial charge is 0.497 e. The normalized spacial score (nSPS) is 14.9. The highest BCUT2D eigenvalue weighted by molar-refractivity contribution is 8.19. The molecule has 1 aliphatic heterocycles. The summed E-state index contributed by atoms with van der Waals surface area (Å²) in [7, 11) is 1.55. The molecule has 3 aromatic carbocycles. The Kier molecular flexibility index (Phi) is 8.48. The smallest absolute Gasteiger partial charge is 0.283 e. The lowest BCUT2D eigenvalue weighted by Crippen LogP contribution is -2.31. The van der Waals surface area contributed by atoms with E-state index in [2.05, 4.69) is 20.8 Å². The van der Waals surface area contributed by atoms with Gasteiger partial charge in [0.2, 0.25) is 0 Å². The number of methoxy groups -OCH3 is 1. The molecule has 0 bridgehead atoms. The summed E-state index contributed by atoms with van der Waals surface area (Å²) in [5, 5.41) is 8.15. The Morgan fingerprint density at radius 3 is 2.39 bits per heavy atom. The van der Waals surface area contributed by atoms with Crippen LogP contribution in [-0.2, 0) is 4.79 Å². The molecule has 41 heavy (non-hydrogen) atoms. The molecule has 0 aliphatic carbocycles. The van der Waals surface area contributed by atoms with Crippen molar-refractivity contribution >= 4 is 74.5 Å². The Morgan fingerprint density at radius 2 is 1.71 bits per heavy atom. The number of ether oxygens (including phenoxy) is 1. The molecule has 5 rings (SSSR count). The molecular formula is C29H22ClN5O4S2. The average Bonchev–Trinajstić information content (AvgIpc) is 3.51. The fraction of sp³-hybridized carbons (Fsp3) is 0.0690. The second-order valence-electron chi connectivity index (χ2n) is 8.59. The monoisotopic (exact) mass is 603 g/mol. The van der Waals surface area contributed by atoms with Gasteiger partial charge in [0.05, 0.1) is 23.4 Å². The SMILES string of the molecule is COc1ccc(C(=O)Nc2nc(C)c(C(=O)N/N=C3\S/C(=C\c4ccc(Cl)cc4)C(=O)N3c3ccccc3)s2)cc1. The minimum absolute atomic E-state index is 0.269. The maximum absolute atomic E-state index is 13.4. The third-order valence-corrected chi connectivity index (χ3v) is 8.11. The van der Waals surface area contributed by atoms with E-state index in [1.165, 1.54) is 4.90 Å². The lowest BCUT2D eigenvalue weighted by molar-refractivity contribution is -0.113. The molecule has 3 amide bonds. The second kappa shape index (κ2) is 12.4. The number of aryl methyl sites for hydroxylation is 1. The topological polar surface area (TPSA) is 113 Å². The number of amidine groups is 1. The highest BCUT2D eigenvalue weighted by Gasteiger charge is 2.35. The van der Waals surface area contributed by atoms with E-state index >= 15 is 0 Å². The number of benzene rings is 3. The fourth-order valence-corrected chi connectivity index (χ4v) is 5.70. The number of carbonyl (C=O) groups is 3. The molecule has 1 fully saturated rings. The molecule has 206 valence electrons. The first kappa shape index (κ1) is 28.1. The Labute approximate surface area is 248 Å². The van der Waals surface area contributed by atoms with Crippen LogP contribution in [0, 0.1) is 6.92 Å². The number of thioether (sulfide) groups is 1. The summed E-state index contributed by atoms with van der Waals surface area (Å²) >= 11 is 8.15. The lowest BCUT2D eigenvalue weighted by atomic mass is 10.2. The predicted molar refractivity (Wildman–Crippen MR) is 164 cm³/mol. The van der Waals surface area contributed by atoms with Gasteiger partial charge in [0, 0.05) is 10.6 Å².